The van der Waals surface area contributed by atoms with Crippen molar-refractivity contribution >= 4 is 28.7 Å². The smallest absolute Gasteiger partial charge is 0.191 e. The molecule has 2 aliphatic rings. The second-order valence-electron chi connectivity index (χ2n) is 9.09. The molecule has 2 heterocycles. The molecule has 10 nitrogen and oxygen atoms in total. The zero-order valence-corrected chi connectivity index (χ0v) is 20.4. The summed E-state index contributed by atoms with van der Waals surface area (Å²) >= 11 is 1.48. The number of hydrogen-bond donors (Lipinski definition) is 4. The zero-order valence-electron chi connectivity index (χ0n) is 19.6. The predicted molar refractivity (Wildman–Crippen MR) is 128 cm³/mol. The number of hydrogen-bond acceptors (Lipinski definition) is 10. The van der Waals surface area contributed by atoms with Crippen molar-refractivity contribution in [2.75, 3.05) is 24.3 Å². The monoisotopic (exact) mass is 522 g/mol. The molecule has 0 bridgehead atoms. The molecule has 2 aliphatic carbocycles. The van der Waals surface area contributed by atoms with Gasteiger partial charge in [0, 0.05) is 24.1 Å². The quantitative estimate of drug-likeness (QED) is 0.231. The predicted octanol–water partition coefficient (Wildman–Crippen LogP) is 2.01. The van der Waals surface area contributed by atoms with Gasteiger partial charge < -0.3 is 25.4 Å². The Kier molecular flexibility index (Phi) is 7.35. The summed E-state index contributed by atoms with van der Waals surface area (Å²) in [6.45, 7) is 1.91. The maximum Gasteiger partial charge on any atom is 0.191 e. The number of halogens is 2. The highest BCUT2D eigenvalue weighted by atomic mass is 32.2. The number of aliphatic hydroxyl groups is 3. The van der Waals surface area contributed by atoms with Crippen LogP contribution >= 0.6 is 11.8 Å². The Labute approximate surface area is 210 Å². The van der Waals surface area contributed by atoms with E-state index in [9.17, 15) is 19.0 Å². The minimum absolute atomic E-state index is 0.00291. The summed E-state index contributed by atoms with van der Waals surface area (Å²) in [5.74, 6) is -0.472. The average Bonchev–Trinajstić information content (AvgIpc) is 3.41. The molecule has 194 valence electrons. The fraction of sp³-hybridized carbons (Fsp3) is 0.565. The van der Waals surface area contributed by atoms with Crippen LogP contribution in [0.15, 0.2) is 23.4 Å². The van der Waals surface area contributed by atoms with Crippen molar-refractivity contribution in [1.29, 1.82) is 0 Å². The van der Waals surface area contributed by atoms with Crippen LogP contribution < -0.4 is 5.32 Å². The van der Waals surface area contributed by atoms with Crippen molar-refractivity contribution in [2.45, 2.75) is 67.7 Å². The van der Waals surface area contributed by atoms with Gasteiger partial charge in [-0.1, -0.05) is 30.0 Å². The van der Waals surface area contributed by atoms with Gasteiger partial charge in [0.2, 0.25) is 0 Å². The Bertz CT molecular complexity index is 1230. The molecular weight excluding hydrogens is 494 g/mol. The van der Waals surface area contributed by atoms with Crippen molar-refractivity contribution in [3.63, 3.8) is 0 Å². The zero-order chi connectivity index (χ0) is 25.4. The van der Waals surface area contributed by atoms with Crippen LogP contribution in [0, 0.1) is 11.6 Å². The number of rotatable bonds is 10. The van der Waals surface area contributed by atoms with Gasteiger partial charge in [-0.15, -0.1) is 5.10 Å². The molecule has 0 unspecified atom stereocenters. The van der Waals surface area contributed by atoms with Crippen molar-refractivity contribution in [2.24, 2.45) is 0 Å². The average molecular weight is 523 g/mol. The van der Waals surface area contributed by atoms with Gasteiger partial charge in [0.15, 0.2) is 33.8 Å². The molecule has 0 radical (unpaired) electrons. The summed E-state index contributed by atoms with van der Waals surface area (Å²) in [4.78, 5) is 9.27. The summed E-state index contributed by atoms with van der Waals surface area (Å²) in [5, 5.41) is 42.5. The molecular formula is C23H28F2N6O4S. The number of thioether (sulfide) groups is 1. The first kappa shape index (κ1) is 25.2. The van der Waals surface area contributed by atoms with Gasteiger partial charge in [-0.05, 0) is 30.5 Å². The summed E-state index contributed by atoms with van der Waals surface area (Å²) in [6, 6.07) is 3.26. The van der Waals surface area contributed by atoms with Crippen LogP contribution in [0.2, 0.25) is 0 Å². The molecule has 6 atom stereocenters. The second-order valence-corrected chi connectivity index (χ2v) is 10.2. The van der Waals surface area contributed by atoms with Crippen molar-refractivity contribution in [1.82, 2.24) is 25.0 Å². The van der Waals surface area contributed by atoms with E-state index in [1.807, 2.05) is 0 Å². The fourth-order valence-electron chi connectivity index (χ4n) is 4.61. The SMILES string of the molecule is CCCSc1nc(N[C@@H]2C[C@H]2c2ccc(F)c(F)c2)c2nnn([C@@H]3C[C@H](OCCO)[C@@H](O)[C@@H]3O)c2n1. The van der Waals surface area contributed by atoms with Gasteiger partial charge in [0.25, 0.3) is 0 Å². The number of nitrogens with zero attached hydrogens (tertiary/aromatic N) is 5. The third kappa shape index (κ3) is 4.90. The van der Waals surface area contributed by atoms with E-state index in [2.05, 4.69) is 32.5 Å². The number of ether oxygens (including phenoxy) is 1. The summed E-state index contributed by atoms with van der Waals surface area (Å²) < 4.78 is 34.0. The Morgan fingerprint density at radius 1 is 1.17 bits per heavy atom. The van der Waals surface area contributed by atoms with E-state index in [4.69, 9.17) is 9.84 Å². The normalized spacial score (nSPS) is 27.6. The van der Waals surface area contributed by atoms with Crippen LogP contribution in [0.25, 0.3) is 11.2 Å². The lowest BCUT2D eigenvalue weighted by Crippen LogP contribution is -2.33. The van der Waals surface area contributed by atoms with E-state index >= 15 is 0 Å². The second kappa shape index (κ2) is 10.5. The first-order valence-corrected chi connectivity index (χ1v) is 13.0. The molecule has 2 fully saturated rings. The number of fused-ring (bicyclic) bond motifs is 1. The van der Waals surface area contributed by atoms with Gasteiger partial charge in [-0.25, -0.2) is 23.4 Å². The largest absolute Gasteiger partial charge is 0.394 e. The molecule has 3 aromatic rings. The topological polar surface area (TPSA) is 138 Å². The molecule has 0 amide bonds. The fourth-order valence-corrected chi connectivity index (χ4v) is 5.31. The molecule has 0 saturated heterocycles. The standard InChI is InChI=1S/C23H28F2N6O4S/c1-2-7-36-23-27-21(26-15-9-12(15)11-3-4-13(24)14(25)8-11)18-22(28-23)31(30-29-18)16-10-17(35-6-5-32)20(34)19(16)33/h3-4,8,12,15-17,19-20,32-34H,2,5-7,9-10H2,1H3,(H,26,27,28)/t12-,15+,16+,17-,19+,20+/m0/s1. The highest BCUT2D eigenvalue weighted by Crippen LogP contribution is 2.44. The molecule has 36 heavy (non-hydrogen) atoms. The van der Waals surface area contributed by atoms with Gasteiger partial charge in [0.1, 0.15) is 12.2 Å². The van der Waals surface area contributed by atoms with Crippen LogP contribution in [-0.4, -0.2) is 83.6 Å². The highest BCUT2D eigenvalue weighted by molar-refractivity contribution is 7.99. The molecule has 4 N–H and O–H groups in total. The van der Waals surface area contributed by atoms with E-state index in [-0.39, 0.29) is 31.6 Å². The third-order valence-corrected chi connectivity index (χ3v) is 7.61. The maximum atomic E-state index is 13.7. The molecule has 2 aromatic heterocycles. The number of anilines is 1. The summed E-state index contributed by atoms with van der Waals surface area (Å²) in [5.41, 5.74) is 1.53. The van der Waals surface area contributed by atoms with Crippen LogP contribution in [0.5, 0.6) is 0 Å². The first-order valence-electron chi connectivity index (χ1n) is 12.0. The van der Waals surface area contributed by atoms with Crippen LogP contribution in [-0.2, 0) is 4.74 Å². The lowest BCUT2D eigenvalue weighted by molar-refractivity contribution is -0.0629. The van der Waals surface area contributed by atoms with Gasteiger partial charge in [-0.2, -0.15) is 0 Å². The van der Waals surface area contributed by atoms with E-state index in [0.29, 0.717) is 27.7 Å². The number of aliphatic hydroxyl groups excluding tert-OH is 3. The molecule has 5 rings (SSSR count). The molecule has 0 spiro atoms. The number of benzene rings is 1. The molecule has 0 aliphatic heterocycles. The third-order valence-electron chi connectivity index (χ3n) is 6.56. The highest BCUT2D eigenvalue weighted by Gasteiger charge is 2.45. The Morgan fingerprint density at radius 2 is 2.00 bits per heavy atom. The first-order chi connectivity index (χ1) is 17.4. The van der Waals surface area contributed by atoms with Gasteiger partial charge >= 0.3 is 0 Å². The van der Waals surface area contributed by atoms with Crippen molar-refractivity contribution < 1.29 is 28.8 Å². The molecule has 2 saturated carbocycles. The van der Waals surface area contributed by atoms with Crippen LogP contribution in [0.1, 0.15) is 43.7 Å². The lowest BCUT2D eigenvalue weighted by Gasteiger charge is -2.17. The van der Waals surface area contributed by atoms with Crippen LogP contribution in [0.4, 0.5) is 14.6 Å². The Hall–Kier alpha value is -2.45. The van der Waals surface area contributed by atoms with Gasteiger partial charge in [0.05, 0.1) is 25.4 Å². The summed E-state index contributed by atoms with van der Waals surface area (Å²) in [7, 11) is 0. The minimum atomic E-state index is -1.15. The summed E-state index contributed by atoms with van der Waals surface area (Å²) in [6.07, 6.45) is -1.04. The van der Waals surface area contributed by atoms with E-state index in [1.165, 1.54) is 22.5 Å². The van der Waals surface area contributed by atoms with Crippen molar-refractivity contribution in [3.8, 4) is 0 Å². The van der Waals surface area contributed by atoms with Gasteiger partial charge in [-0.3, -0.25) is 0 Å². The van der Waals surface area contributed by atoms with E-state index in [1.54, 1.807) is 6.07 Å². The Balaban J connectivity index is 1.43. The van der Waals surface area contributed by atoms with Crippen LogP contribution in [0.3, 0.4) is 0 Å². The number of aromatic nitrogens is 5. The lowest BCUT2D eigenvalue weighted by atomic mass is 10.1. The molecule has 13 heteroatoms. The Morgan fingerprint density at radius 3 is 2.75 bits per heavy atom. The maximum absolute atomic E-state index is 13.7. The van der Waals surface area contributed by atoms with Crippen molar-refractivity contribution in [3.05, 3.63) is 35.4 Å². The number of nitrogens with one attached hydrogen (secondary N) is 1. The van der Waals surface area contributed by atoms with E-state index < -0.39 is 36.0 Å². The van der Waals surface area contributed by atoms with E-state index in [0.717, 1.165) is 24.7 Å². The minimum Gasteiger partial charge on any atom is -0.394 e. The molecule has 1 aromatic carbocycles.